The molecule has 104 valence electrons. The number of carboxylic acids is 1. The fraction of sp³-hybridized carbons (Fsp3) is 0.800. The predicted molar refractivity (Wildman–Crippen MR) is 62.3 cm³/mol. The van der Waals surface area contributed by atoms with Gasteiger partial charge in [0.2, 0.25) is 10.0 Å². The zero-order valence-corrected chi connectivity index (χ0v) is 11.3. The number of sulfonamides is 1. The standard InChI is InChI=1S/C10H17NO6S/c1-10(2,3)17-9(14)6-4-5-18(15,16)11-7(6)8(12)13/h6-7,11H,4-5H2,1-3H3,(H,12,13)/t6-,7-/m1/s1. The van der Waals surface area contributed by atoms with E-state index < -0.39 is 39.5 Å². The molecule has 0 aromatic carbocycles. The Labute approximate surface area is 106 Å². The molecule has 1 saturated heterocycles. The van der Waals surface area contributed by atoms with Gasteiger partial charge in [-0.1, -0.05) is 0 Å². The fourth-order valence-corrected chi connectivity index (χ4v) is 2.97. The van der Waals surface area contributed by atoms with Crippen molar-refractivity contribution in [1.29, 1.82) is 0 Å². The van der Waals surface area contributed by atoms with Gasteiger partial charge in [-0.15, -0.1) is 0 Å². The first-order valence-electron chi connectivity index (χ1n) is 5.47. The van der Waals surface area contributed by atoms with E-state index in [-0.39, 0.29) is 12.2 Å². The van der Waals surface area contributed by atoms with Crippen molar-refractivity contribution in [3.63, 3.8) is 0 Å². The minimum absolute atomic E-state index is 0.0544. The Bertz CT molecular complexity index is 449. The van der Waals surface area contributed by atoms with E-state index in [0.29, 0.717) is 0 Å². The van der Waals surface area contributed by atoms with Crippen molar-refractivity contribution in [3.05, 3.63) is 0 Å². The Morgan fingerprint density at radius 1 is 1.33 bits per heavy atom. The smallest absolute Gasteiger partial charge is 0.322 e. The highest BCUT2D eigenvalue weighted by Gasteiger charge is 2.42. The summed E-state index contributed by atoms with van der Waals surface area (Å²) < 4.78 is 29.7. The maximum atomic E-state index is 11.8. The predicted octanol–water partition coefficient (Wildman–Crippen LogP) is -0.279. The first-order valence-corrected chi connectivity index (χ1v) is 7.13. The van der Waals surface area contributed by atoms with Crippen molar-refractivity contribution in [1.82, 2.24) is 4.72 Å². The first-order chi connectivity index (χ1) is 8.02. The number of hydrogen-bond donors (Lipinski definition) is 2. The summed E-state index contributed by atoms with van der Waals surface area (Å²) in [4.78, 5) is 22.8. The molecule has 0 saturated carbocycles. The highest BCUT2D eigenvalue weighted by molar-refractivity contribution is 7.89. The van der Waals surface area contributed by atoms with E-state index in [9.17, 15) is 18.0 Å². The van der Waals surface area contributed by atoms with Crippen LogP contribution in [0.25, 0.3) is 0 Å². The summed E-state index contributed by atoms with van der Waals surface area (Å²) in [6.07, 6.45) is -0.0544. The van der Waals surface area contributed by atoms with Crippen LogP contribution in [0.15, 0.2) is 0 Å². The minimum atomic E-state index is -3.63. The molecule has 0 bridgehead atoms. The number of carbonyl (C=O) groups excluding carboxylic acids is 1. The maximum absolute atomic E-state index is 11.8. The molecule has 1 heterocycles. The van der Waals surface area contributed by atoms with Gasteiger partial charge in [-0.25, -0.2) is 13.1 Å². The molecular formula is C10H17NO6S. The molecule has 2 N–H and O–H groups in total. The monoisotopic (exact) mass is 279 g/mol. The van der Waals surface area contributed by atoms with Crippen LogP contribution < -0.4 is 4.72 Å². The topological polar surface area (TPSA) is 110 Å². The van der Waals surface area contributed by atoms with Crippen LogP contribution in [-0.4, -0.2) is 42.9 Å². The first kappa shape index (κ1) is 14.9. The molecule has 7 nitrogen and oxygen atoms in total. The van der Waals surface area contributed by atoms with Gasteiger partial charge in [0.15, 0.2) is 0 Å². The van der Waals surface area contributed by atoms with Crippen LogP contribution in [0.4, 0.5) is 0 Å². The molecule has 0 radical (unpaired) electrons. The quantitative estimate of drug-likeness (QED) is 0.673. The molecule has 2 atom stereocenters. The van der Waals surface area contributed by atoms with Crippen molar-refractivity contribution < 1.29 is 27.9 Å². The van der Waals surface area contributed by atoms with Crippen molar-refractivity contribution >= 4 is 22.0 Å². The normalized spacial score (nSPS) is 27.5. The third-order valence-electron chi connectivity index (χ3n) is 2.38. The number of esters is 1. The molecule has 1 aliphatic heterocycles. The Balaban J connectivity index is 2.87. The lowest BCUT2D eigenvalue weighted by atomic mass is 9.97. The lowest BCUT2D eigenvalue weighted by Gasteiger charge is -2.30. The number of ether oxygens (including phenoxy) is 1. The third kappa shape index (κ3) is 3.95. The summed E-state index contributed by atoms with van der Waals surface area (Å²) in [5, 5.41) is 8.95. The number of nitrogens with one attached hydrogen (secondary N) is 1. The van der Waals surface area contributed by atoms with Crippen LogP contribution in [0, 0.1) is 5.92 Å². The van der Waals surface area contributed by atoms with Gasteiger partial charge in [0, 0.05) is 0 Å². The SMILES string of the molecule is CC(C)(C)OC(=O)[C@@H]1CCS(=O)(=O)N[C@H]1C(=O)O. The van der Waals surface area contributed by atoms with Crippen LogP contribution in [0.1, 0.15) is 27.2 Å². The molecule has 0 amide bonds. The second-order valence-corrected chi connectivity index (χ2v) is 7.05. The lowest BCUT2D eigenvalue weighted by Crippen LogP contribution is -2.54. The molecule has 0 aromatic rings. The summed E-state index contributed by atoms with van der Waals surface area (Å²) in [6.45, 7) is 4.98. The Morgan fingerprint density at radius 3 is 2.33 bits per heavy atom. The van der Waals surface area contributed by atoms with E-state index >= 15 is 0 Å². The van der Waals surface area contributed by atoms with Crippen LogP contribution in [-0.2, 0) is 24.3 Å². The molecule has 1 fully saturated rings. The van der Waals surface area contributed by atoms with Gasteiger partial charge in [-0.3, -0.25) is 9.59 Å². The summed E-state index contributed by atoms with van der Waals surface area (Å²) >= 11 is 0. The van der Waals surface area contributed by atoms with Crippen molar-refractivity contribution in [2.24, 2.45) is 5.92 Å². The van der Waals surface area contributed by atoms with E-state index in [4.69, 9.17) is 9.84 Å². The maximum Gasteiger partial charge on any atom is 0.322 e. The van der Waals surface area contributed by atoms with Crippen LogP contribution >= 0.6 is 0 Å². The summed E-state index contributed by atoms with van der Waals surface area (Å²) in [5.41, 5.74) is -0.740. The lowest BCUT2D eigenvalue weighted by molar-refractivity contribution is -0.164. The Hall–Kier alpha value is -1.15. The van der Waals surface area contributed by atoms with E-state index in [2.05, 4.69) is 0 Å². The van der Waals surface area contributed by atoms with E-state index in [0.717, 1.165) is 0 Å². The van der Waals surface area contributed by atoms with E-state index in [1.54, 1.807) is 20.8 Å². The number of rotatable bonds is 2. The number of aliphatic carboxylic acids is 1. The molecule has 18 heavy (non-hydrogen) atoms. The fourth-order valence-electron chi connectivity index (χ4n) is 1.64. The zero-order valence-electron chi connectivity index (χ0n) is 10.5. The van der Waals surface area contributed by atoms with Crippen molar-refractivity contribution in [2.75, 3.05) is 5.75 Å². The second-order valence-electron chi connectivity index (χ2n) is 5.18. The summed E-state index contributed by atoms with van der Waals surface area (Å²) in [5.74, 6) is -3.35. The third-order valence-corrected chi connectivity index (χ3v) is 3.77. The van der Waals surface area contributed by atoms with Gasteiger partial charge in [-0.2, -0.15) is 0 Å². The van der Waals surface area contributed by atoms with Gasteiger partial charge in [0.25, 0.3) is 0 Å². The average Bonchev–Trinajstić information content (AvgIpc) is 2.12. The zero-order chi connectivity index (χ0) is 14.1. The average molecular weight is 279 g/mol. The molecule has 1 aliphatic rings. The van der Waals surface area contributed by atoms with Gasteiger partial charge in [0.1, 0.15) is 11.6 Å². The van der Waals surface area contributed by atoms with Gasteiger partial charge >= 0.3 is 11.9 Å². The molecule has 8 heteroatoms. The molecule has 0 aliphatic carbocycles. The van der Waals surface area contributed by atoms with Gasteiger partial charge < -0.3 is 9.84 Å². The molecular weight excluding hydrogens is 262 g/mol. The van der Waals surface area contributed by atoms with Crippen molar-refractivity contribution in [2.45, 2.75) is 38.8 Å². The molecule has 0 spiro atoms. The second kappa shape index (κ2) is 4.85. The van der Waals surface area contributed by atoms with Gasteiger partial charge in [0.05, 0.1) is 11.7 Å². The summed E-state index contributed by atoms with van der Waals surface area (Å²) in [6, 6.07) is -1.46. The highest BCUT2D eigenvalue weighted by atomic mass is 32.2. The van der Waals surface area contributed by atoms with Crippen LogP contribution in [0.3, 0.4) is 0 Å². The van der Waals surface area contributed by atoms with Crippen LogP contribution in [0.2, 0.25) is 0 Å². The number of carboxylic acid groups (broad SMARTS) is 1. The summed E-state index contributed by atoms with van der Waals surface area (Å²) in [7, 11) is -3.63. The van der Waals surface area contributed by atoms with Crippen LogP contribution in [0.5, 0.6) is 0 Å². The van der Waals surface area contributed by atoms with Crippen molar-refractivity contribution in [3.8, 4) is 0 Å². The highest BCUT2D eigenvalue weighted by Crippen LogP contribution is 2.22. The molecule has 0 aromatic heterocycles. The Kier molecular flexibility index (Phi) is 4.02. The van der Waals surface area contributed by atoms with E-state index in [1.165, 1.54) is 0 Å². The largest absolute Gasteiger partial charge is 0.480 e. The number of hydrogen-bond acceptors (Lipinski definition) is 5. The molecule has 1 rings (SSSR count). The minimum Gasteiger partial charge on any atom is -0.480 e. The molecule has 0 unspecified atom stereocenters. The number of carbonyl (C=O) groups is 2. The Morgan fingerprint density at radius 2 is 1.89 bits per heavy atom. The van der Waals surface area contributed by atoms with E-state index in [1.807, 2.05) is 4.72 Å². The van der Waals surface area contributed by atoms with Gasteiger partial charge in [-0.05, 0) is 27.2 Å².